The van der Waals surface area contributed by atoms with Crippen LogP contribution in [0.2, 0.25) is 0 Å². The Morgan fingerprint density at radius 3 is 2.93 bits per heavy atom. The van der Waals surface area contributed by atoms with Gasteiger partial charge in [0.2, 0.25) is 0 Å². The van der Waals surface area contributed by atoms with Crippen LogP contribution in [0.5, 0.6) is 0 Å². The van der Waals surface area contributed by atoms with Crippen LogP contribution in [0.3, 0.4) is 0 Å². The molecule has 0 aliphatic rings. The van der Waals surface area contributed by atoms with Crippen LogP contribution in [-0.2, 0) is 13.5 Å². The molecule has 2 aromatic rings. The summed E-state index contributed by atoms with van der Waals surface area (Å²) in [6, 6.07) is 0. The lowest BCUT2D eigenvalue weighted by Crippen LogP contribution is -1.94. The second kappa shape index (κ2) is 3.72. The minimum absolute atomic E-state index is 0.553. The Kier molecular flexibility index (Phi) is 2.40. The quantitative estimate of drug-likeness (QED) is 0.775. The molecule has 80 valence electrons. The van der Waals surface area contributed by atoms with Gasteiger partial charge in [0, 0.05) is 12.6 Å². The average Bonchev–Trinajstić information content (AvgIpc) is 2.76. The van der Waals surface area contributed by atoms with E-state index in [9.17, 15) is 0 Å². The number of nitrogens with zero attached hydrogens (tertiary/aromatic N) is 4. The Hall–Kier alpha value is -1.85. The smallest absolute Gasteiger partial charge is 0.149 e. The van der Waals surface area contributed by atoms with Crippen molar-refractivity contribution in [3.05, 3.63) is 11.8 Å². The van der Waals surface area contributed by atoms with Gasteiger partial charge in [-0.1, -0.05) is 13.3 Å². The van der Waals surface area contributed by atoms with Crippen molar-refractivity contribution in [1.82, 2.24) is 25.2 Å². The first-order valence-electron chi connectivity index (χ1n) is 4.91. The van der Waals surface area contributed by atoms with Crippen LogP contribution in [0.1, 0.15) is 18.9 Å². The van der Waals surface area contributed by atoms with E-state index in [2.05, 4.69) is 27.3 Å². The number of hydrogen-bond acceptors (Lipinski definition) is 4. The van der Waals surface area contributed by atoms with Crippen LogP contribution in [-0.4, -0.2) is 25.2 Å². The zero-order chi connectivity index (χ0) is 10.8. The van der Waals surface area contributed by atoms with Gasteiger partial charge in [-0.05, 0) is 6.42 Å². The SMILES string of the molecule is CCCc1c(N)n[nH]c1-c1cnn(C)n1. The normalized spacial score (nSPS) is 10.8. The second-order valence-corrected chi connectivity index (χ2v) is 3.43. The summed E-state index contributed by atoms with van der Waals surface area (Å²) in [5.41, 5.74) is 8.46. The maximum absolute atomic E-state index is 5.77. The summed E-state index contributed by atoms with van der Waals surface area (Å²) in [7, 11) is 1.78. The molecular weight excluding hydrogens is 192 g/mol. The molecule has 2 rings (SSSR count). The molecule has 2 aromatic heterocycles. The van der Waals surface area contributed by atoms with Crippen molar-refractivity contribution >= 4 is 5.82 Å². The first-order valence-corrected chi connectivity index (χ1v) is 4.91. The number of aryl methyl sites for hydroxylation is 1. The molecule has 0 radical (unpaired) electrons. The van der Waals surface area contributed by atoms with Crippen molar-refractivity contribution in [1.29, 1.82) is 0 Å². The first kappa shape index (κ1) is 9.70. The molecule has 0 aliphatic carbocycles. The van der Waals surface area contributed by atoms with E-state index in [0.717, 1.165) is 29.8 Å². The highest BCUT2D eigenvalue weighted by Gasteiger charge is 2.13. The van der Waals surface area contributed by atoms with Gasteiger partial charge < -0.3 is 5.73 Å². The van der Waals surface area contributed by atoms with E-state index in [-0.39, 0.29) is 0 Å². The lowest BCUT2D eigenvalue weighted by atomic mass is 10.1. The summed E-state index contributed by atoms with van der Waals surface area (Å²) in [6.07, 6.45) is 3.62. The van der Waals surface area contributed by atoms with Crippen molar-refractivity contribution in [3.8, 4) is 11.4 Å². The molecule has 0 saturated heterocycles. The topological polar surface area (TPSA) is 85.4 Å². The van der Waals surface area contributed by atoms with Gasteiger partial charge in [-0.2, -0.15) is 20.1 Å². The fourth-order valence-electron chi connectivity index (χ4n) is 1.55. The maximum atomic E-state index is 5.77. The van der Waals surface area contributed by atoms with Crippen molar-refractivity contribution in [3.63, 3.8) is 0 Å². The van der Waals surface area contributed by atoms with E-state index < -0.39 is 0 Å². The van der Waals surface area contributed by atoms with Gasteiger partial charge in [0.25, 0.3) is 0 Å². The van der Waals surface area contributed by atoms with Gasteiger partial charge in [-0.3, -0.25) is 5.10 Å². The molecule has 6 heteroatoms. The highest BCUT2D eigenvalue weighted by atomic mass is 15.4. The number of aromatic amines is 1. The zero-order valence-corrected chi connectivity index (χ0v) is 8.86. The Labute approximate surface area is 87.5 Å². The molecule has 0 bridgehead atoms. The fourth-order valence-corrected chi connectivity index (χ4v) is 1.55. The molecule has 0 saturated carbocycles. The van der Waals surface area contributed by atoms with Crippen LogP contribution < -0.4 is 5.73 Å². The third kappa shape index (κ3) is 1.70. The van der Waals surface area contributed by atoms with Gasteiger partial charge in [-0.15, -0.1) is 0 Å². The second-order valence-electron chi connectivity index (χ2n) is 3.43. The summed E-state index contributed by atoms with van der Waals surface area (Å²) in [5, 5.41) is 15.1. The summed E-state index contributed by atoms with van der Waals surface area (Å²) in [5.74, 6) is 0.553. The summed E-state index contributed by atoms with van der Waals surface area (Å²) < 4.78 is 0. The minimum atomic E-state index is 0.553. The van der Waals surface area contributed by atoms with Crippen LogP contribution in [0.15, 0.2) is 6.20 Å². The Morgan fingerprint density at radius 1 is 1.53 bits per heavy atom. The van der Waals surface area contributed by atoms with E-state index in [1.54, 1.807) is 13.2 Å². The average molecular weight is 206 g/mol. The van der Waals surface area contributed by atoms with E-state index in [1.165, 1.54) is 4.80 Å². The zero-order valence-electron chi connectivity index (χ0n) is 8.86. The molecule has 0 amide bonds. The minimum Gasteiger partial charge on any atom is -0.382 e. The molecule has 0 atom stereocenters. The van der Waals surface area contributed by atoms with Gasteiger partial charge in [0.15, 0.2) is 0 Å². The van der Waals surface area contributed by atoms with Crippen LogP contribution in [0, 0.1) is 0 Å². The number of rotatable bonds is 3. The van der Waals surface area contributed by atoms with Crippen LogP contribution >= 0.6 is 0 Å². The summed E-state index contributed by atoms with van der Waals surface area (Å²) >= 11 is 0. The monoisotopic (exact) mass is 206 g/mol. The number of nitrogens with one attached hydrogen (secondary N) is 1. The van der Waals surface area contributed by atoms with Crippen molar-refractivity contribution in [2.75, 3.05) is 5.73 Å². The highest BCUT2D eigenvalue weighted by Crippen LogP contribution is 2.24. The standard InChI is InChI=1S/C9H14N6/c1-3-4-6-8(12-13-9(6)10)7-5-11-15(2)14-7/h5H,3-4H2,1-2H3,(H3,10,12,13). The van der Waals surface area contributed by atoms with E-state index in [4.69, 9.17) is 5.73 Å². The van der Waals surface area contributed by atoms with E-state index in [0.29, 0.717) is 5.82 Å². The number of nitrogen functional groups attached to an aromatic ring is 1. The van der Waals surface area contributed by atoms with Crippen molar-refractivity contribution in [2.24, 2.45) is 7.05 Å². The fraction of sp³-hybridized carbons (Fsp3) is 0.444. The number of aromatic nitrogens is 5. The largest absolute Gasteiger partial charge is 0.382 e. The predicted octanol–water partition coefficient (Wildman–Crippen LogP) is 0.740. The molecule has 0 aliphatic heterocycles. The molecule has 6 nitrogen and oxygen atoms in total. The first-order chi connectivity index (χ1) is 7.22. The third-order valence-electron chi connectivity index (χ3n) is 2.25. The Morgan fingerprint density at radius 2 is 2.33 bits per heavy atom. The third-order valence-corrected chi connectivity index (χ3v) is 2.25. The van der Waals surface area contributed by atoms with Gasteiger partial charge in [0.1, 0.15) is 11.5 Å². The number of anilines is 1. The molecule has 0 aromatic carbocycles. The maximum Gasteiger partial charge on any atom is 0.149 e. The van der Waals surface area contributed by atoms with Crippen molar-refractivity contribution in [2.45, 2.75) is 19.8 Å². The lowest BCUT2D eigenvalue weighted by molar-refractivity contribution is 0.655. The molecule has 0 unspecified atom stereocenters. The highest BCUT2D eigenvalue weighted by molar-refractivity contribution is 5.63. The molecule has 3 N–H and O–H groups in total. The summed E-state index contributed by atoms with van der Waals surface area (Å²) in [6.45, 7) is 2.10. The van der Waals surface area contributed by atoms with Gasteiger partial charge >= 0.3 is 0 Å². The number of H-pyrrole nitrogens is 1. The van der Waals surface area contributed by atoms with E-state index >= 15 is 0 Å². The van der Waals surface area contributed by atoms with Crippen molar-refractivity contribution < 1.29 is 0 Å². The molecular formula is C9H14N6. The summed E-state index contributed by atoms with van der Waals surface area (Å²) in [4.78, 5) is 1.52. The molecule has 15 heavy (non-hydrogen) atoms. The lowest BCUT2D eigenvalue weighted by Gasteiger charge is -1.98. The van der Waals surface area contributed by atoms with Gasteiger partial charge in [0.05, 0.1) is 11.9 Å². The number of hydrogen-bond donors (Lipinski definition) is 2. The van der Waals surface area contributed by atoms with Gasteiger partial charge in [-0.25, -0.2) is 0 Å². The predicted molar refractivity (Wildman–Crippen MR) is 57.0 cm³/mol. The van der Waals surface area contributed by atoms with Crippen LogP contribution in [0.25, 0.3) is 11.4 Å². The van der Waals surface area contributed by atoms with E-state index in [1.807, 2.05) is 0 Å². The van der Waals surface area contributed by atoms with Crippen LogP contribution in [0.4, 0.5) is 5.82 Å². The number of nitrogens with two attached hydrogens (primary N) is 1. The molecule has 0 spiro atoms. The molecule has 0 fully saturated rings. The Bertz CT molecular complexity index is 455. The Balaban J connectivity index is 2.43. The molecule has 2 heterocycles.